The number of rotatable bonds is 0. The number of hydrogen-bond donors (Lipinski definition) is 2. The predicted molar refractivity (Wildman–Crippen MR) is 48.9 cm³/mol. The van der Waals surface area contributed by atoms with Crippen molar-refractivity contribution in [3.63, 3.8) is 0 Å². The van der Waals surface area contributed by atoms with Gasteiger partial charge in [0.1, 0.15) is 5.75 Å². The molecule has 5 heteroatoms. The Labute approximate surface area is 79.7 Å². The zero-order valence-corrected chi connectivity index (χ0v) is 7.44. The summed E-state index contributed by atoms with van der Waals surface area (Å²) >= 11 is 0. The number of amides is 2. The van der Waals surface area contributed by atoms with Crippen molar-refractivity contribution in [3.8, 4) is 5.75 Å². The van der Waals surface area contributed by atoms with Crippen molar-refractivity contribution in [2.75, 3.05) is 12.8 Å². The molecule has 0 saturated carbocycles. The Balaban J connectivity index is 2.80. The van der Waals surface area contributed by atoms with Gasteiger partial charge in [-0.25, -0.2) is 0 Å². The molecular weight excluding hydrogens is 184 g/mol. The third-order valence-corrected chi connectivity index (χ3v) is 2.25. The molecule has 2 rings (SSSR count). The van der Waals surface area contributed by atoms with E-state index in [1.54, 1.807) is 0 Å². The number of anilines is 1. The molecule has 0 spiro atoms. The largest absolute Gasteiger partial charge is 0.507 e. The van der Waals surface area contributed by atoms with Crippen LogP contribution < -0.4 is 5.73 Å². The van der Waals surface area contributed by atoms with Gasteiger partial charge in [0.2, 0.25) is 0 Å². The molecule has 1 aromatic carbocycles. The summed E-state index contributed by atoms with van der Waals surface area (Å²) in [6.45, 7) is 0. The van der Waals surface area contributed by atoms with Gasteiger partial charge >= 0.3 is 0 Å². The van der Waals surface area contributed by atoms with E-state index in [1.807, 2.05) is 0 Å². The van der Waals surface area contributed by atoms with E-state index in [4.69, 9.17) is 5.73 Å². The maximum absolute atomic E-state index is 11.5. The molecule has 0 aliphatic carbocycles. The Bertz CT molecular complexity index is 413. The topological polar surface area (TPSA) is 83.6 Å². The van der Waals surface area contributed by atoms with Crippen molar-refractivity contribution in [2.45, 2.75) is 0 Å². The molecule has 0 atom stereocenters. The molecule has 0 radical (unpaired) electrons. The molecule has 1 aliphatic rings. The van der Waals surface area contributed by atoms with Crippen molar-refractivity contribution in [3.05, 3.63) is 23.3 Å². The van der Waals surface area contributed by atoms with Crippen molar-refractivity contribution >= 4 is 17.5 Å². The maximum atomic E-state index is 11.5. The summed E-state index contributed by atoms with van der Waals surface area (Å²) in [7, 11) is 1.35. The lowest BCUT2D eigenvalue weighted by Crippen LogP contribution is -2.24. The summed E-state index contributed by atoms with van der Waals surface area (Å²) in [6, 6.07) is 2.71. The molecule has 14 heavy (non-hydrogen) atoms. The molecule has 1 aliphatic heterocycles. The standard InChI is InChI=1S/C9H8N2O3/c1-11-8(13)6-4(10)2-3-5(12)7(6)9(11)14/h2-3,12H,10H2,1H3. The number of hydrogen-bond acceptors (Lipinski definition) is 4. The first-order valence-corrected chi connectivity index (χ1v) is 3.98. The maximum Gasteiger partial charge on any atom is 0.265 e. The zero-order chi connectivity index (χ0) is 10.5. The minimum atomic E-state index is -0.519. The van der Waals surface area contributed by atoms with Crippen LogP contribution in [-0.4, -0.2) is 28.9 Å². The highest BCUT2D eigenvalue weighted by Gasteiger charge is 2.36. The molecule has 2 amide bonds. The summed E-state index contributed by atoms with van der Waals surface area (Å²) in [6.07, 6.45) is 0. The van der Waals surface area contributed by atoms with Crippen LogP contribution in [0.15, 0.2) is 12.1 Å². The quantitative estimate of drug-likeness (QED) is 0.349. The number of phenols is 1. The van der Waals surface area contributed by atoms with E-state index >= 15 is 0 Å². The molecule has 0 aromatic heterocycles. The lowest BCUT2D eigenvalue weighted by molar-refractivity contribution is 0.0693. The van der Waals surface area contributed by atoms with Gasteiger partial charge in [0.25, 0.3) is 11.8 Å². The van der Waals surface area contributed by atoms with Crippen LogP contribution in [0.1, 0.15) is 20.7 Å². The second-order valence-corrected chi connectivity index (χ2v) is 3.09. The van der Waals surface area contributed by atoms with E-state index in [0.717, 1.165) is 4.90 Å². The van der Waals surface area contributed by atoms with Crippen LogP contribution in [-0.2, 0) is 0 Å². The summed E-state index contributed by atoms with van der Waals surface area (Å²) < 4.78 is 0. The molecule has 0 saturated heterocycles. The van der Waals surface area contributed by atoms with E-state index < -0.39 is 11.8 Å². The molecule has 5 nitrogen and oxygen atoms in total. The first kappa shape index (κ1) is 8.55. The average Bonchev–Trinajstić information content (AvgIpc) is 2.38. The first-order chi connectivity index (χ1) is 6.54. The second kappa shape index (κ2) is 2.47. The van der Waals surface area contributed by atoms with E-state index in [1.165, 1.54) is 19.2 Å². The number of carbonyl (C=O) groups excluding carboxylic acids is 2. The number of imide groups is 1. The Kier molecular flexibility index (Phi) is 1.51. The summed E-state index contributed by atoms with van der Waals surface area (Å²) in [5.41, 5.74) is 5.85. The monoisotopic (exact) mass is 192 g/mol. The van der Waals surface area contributed by atoms with Crippen molar-refractivity contribution in [2.24, 2.45) is 0 Å². The fourth-order valence-corrected chi connectivity index (χ4v) is 1.48. The van der Waals surface area contributed by atoms with Crippen LogP contribution in [0.3, 0.4) is 0 Å². The third-order valence-electron chi connectivity index (χ3n) is 2.25. The van der Waals surface area contributed by atoms with Crippen LogP contribution in [0.5, 0.6) is 5.75 Å². The van der Waals surface area contributed by atoms with Crippen molar-refractivity contribution in [1.82, 2.24) is 4.90 Å². The van der Waals surface area contributed by atoms with Gasteiger partial charge in [0.05, 0.1) is 11.1 Å². The number of fused-ring (bicyclic) bond motifs is 1. The van der Waals surface area contributed by atoms with Gasteiger partial charge in [-0.1, -0.05) is 0 Å². The fraction of sp³-hybridized carbons (Fsp3) is 0.111. The Hall–Kier alpha value is -2.04. The van der Waals surface area contributed by atoms with Crippen LogP contribution in [0.4, 0.5) is 5.69 Å². The molecule has 0 fully saturated rings. The van der Waals surface area contributed by atoms with E-state index in [0.29, 0.717) is 0 Å². The Morgan fingerprint density at radius 2 is 1.79 bits per heavy atom. The highest BCUT2D eigenvalue weighted by atomic mass is 16.3. The van der Waals surface area contributed by atoms with Gasteiger partial charge in [-0.3, -0.25) is 14.5 Å². The first-order valence-electron chi connectivity index (χ1n) is 3.98. The van der Waals surface area contributed by atoms with Gasteiger partial charge < -0.3 is 10.8 Å². The molecule has 0 unspecified atom stereocenters. The number of benzene rings is 1. The average molecular weight is 192 g/mol. The van der Waals surface area contributed by atoms with E-state index in [2.05, 4.69) is 0 Å². The van der Waals surface area contributed by atoms with Crippen LogP contribution in [0, 0.1) is 0 Å². The van der Waals surface area contributed by atoms with Crippen LogP contribution in [0.2, 0.25) is 0 Å². The van der Waals surface area contributed by atoms with Gasteiger partial charge in [-0.15, -0.1) is 0 Å². The number of nitrogens with zero attached hydrogens (tertiary/aromatic N) is 1. The number of aromatic hydroxyl groups is 1. The van der Waals surface area contributed by atoms with Crippen LogP contribution >= 0.6 is 0 Å². The summed E-state index contributed by atoms with van der Waals surface area (Å²) in [5.74, 6) is -1.20. The number of phenolic OH excluding ortho intramolecular Hbond substituents is 1. The van der Waals surface area contributed by atoms with Gasteiger partial charge in [-0.05, 0) is 12.1 Å². The Morgan fingerprint density at radius 3 is 2.36 bits per heavy atom. The van der Waals surface area contributed by atoms with E-state index in [9.17, 15) is 14.7 Å². The number of carbonyl (C=O) groups is 2. The summed E-state index contributed by atoms with van der Waals surface area (Å²) in [4.78, 5) is 23.9. The minimum absolute atomic E-state index is 0.00231. The normalized spacial score (nSPS) is 14.8. The van der Waals surface area contributed by atoms with Gasteiger partial charge in [0.15, 0.2) is 0 Å². The lowest BCUT2D eigenvalue weighted by atomic mass is 10.1. The number of nitrogen functional groups attached to an aromatic ring is 1. The zero-order valence-electron chi connectivity index (χ0n) is 7.44. The predicted octanol–water partition coefficient (Wildman–Crippen LogP) is 0.200. The molecule has 0 bridgehead atoms. The lowest BCUT2D eigenvalue weighted by Gasteiger charge is -2.03. The van der Waals surface area contributed by atoms with E-state index in [-0.39, 0.29) is 22.6 Å². The fourth-order valence-electron chi connectivity index (χ4n) is 1.48. The molecule has 1 heterocycles. The molecular formula is C9H8N2O3. The molecule has 3 N–H and O–H groups in total. The van der Waals surface area contributed by atoms with Gasteiger partial charge in [-0.2, -0.15) is 0 Å². The summed E-state index contributed by atoms with van der Waals surface area (Å²) in [5, 5.41) is 9.41. The van der Waals surface area contributed by atoms with Crippen molar-refractivity contribution in [1.29, 1.82) is 0 Å². The van der Waals surface area contributed by atoms with Crippen LogP contribution in [0.25, 0.3) is 0 Å². The minimum Gasteiger partial charge on any atom is -0.507 e. The smallest absolute Gasteiger partial charge is 0.265 e. The van der Waals surface area contributed by atoms with Crippen molar-refractivity contribution < 1.29 is 14.7 Å². The second-order valence-electron chi connectivity index (χ2n) is 3.09. The highest BCUT2D eigenvalue weighted by molar-refractivity contribution is 6.24. The Morgan fingerprint density at radius 1 is 1.21 bits per heavy atom. The van der Waals surface area contributed by atoms with Gasteiger partial charge in [0, 0.05) is 12.7 Å². The SMILES string of the molecule is CN1C(=O)c2c(N)ccc(O)c2C1=O. The molecule has 1 aromatic rings. The molecule has 72 valence electrons. The third kappa shape index (κ3) is 0.834. The number of nitrogens with two attached hydrogens (primary N) is 1. The highest BCUT2D eigenvalue weighted by Crippen LogP contribution is 2.33.